The van der Waals surface area contributed by atoms with Gasteiger partial charge in [0.2, 0.25) is 0 Å². The number of hydrogen-bond donors (Lipinski definition) is 1. The molecule has 102 valence electrons. The van der Waals surface area contributed by atoms with Crippen LogP contribution in [0, 0.1) is 17.3 Å². The Hall–Kier alpha value is -1.23. The van der Waals surface area contributed by atoms with Crippen molar-refractivity contribution >= 4 is 23.6 Å². The van der Waals surface area contributed by atoms with Crippen LogP contribution in [0.3, 0.4) is 0 Å². The molecule has 1 saturated heterocycles. The SMILES string of the molecule is CSc1ccc(NC(=O)N2C[C@@H]3[C@@H](C2)C3(C)C)nc1. The molecule has 0 aromatic carbocycles. The fourth-order valence-electron chi connectivity index (χ4n) is 3.06. The van der Waals surface area contributed by atoms with Gasteiger partial charge in [-0.1, -0.05) is 13.8 Å². The third kappa shape index (κ3) is 2.20. The Kier molecular flexibility index (Phi) is 2.96. The van der Waals surface area contributed by atoms with E-state index < -0.39 is 0 Å². The summed E-state index contributed by atoms with van der Waals surface area (Å²) in [7, 11) is 0. The number of piperidine rings is 1. The van der Waals surface area contributed by atoms with Gasteiger partial charge in [0, 0.05) is 24.2 Å². The molecule has 0 radical (unpaired) electrons. The van der Waals surface area contributed by atoms with Crippen LogP contribution >= 0.6 is 11.8 Å². The topological polar surface area (TPSA) is 45.2 Å². The Morgan fingerprint density at radius 3 is 2.63 bits per heavy atom. The highest BCUT2D eigenvalue weighted by Crippen LogP contribution is 2.61. The summed E-state index contributed by atoms with van der Waals surface area (Å²) in [5, 5.41) is 2.87. The lowest BCUT2D eigenvalue weighted by Crippen LogP contribution is -2.36. The Morgan fingerprint density at radius 1 is 1.42 bits per heavy atom. The zero-order valence-electron chi connectivity index (χ0n) is 11.5. The standard InChI is InChI=1S/C14H19N3OS/c1-14(2)10-7-17(8-11(10)14)13(18)16-12-5-4-9(19-3)6-15-12/h4-6,10-11H,7-8H2,1-3H3,(H,15,16,18)/t10-,11-/m1/s1. The van der Waals surface area contributed by atoms with Crippen molar-refractivity contribution in [1.29, 1.82) is 0 Å². The van der Waals surface area contributed by atoms with Crippen LogP contribution in [-0.4, -0.2) is 35.3 Å². The van der Waals surface area contributed by atoms with E-state index in [1.54, 1.807) is 18.0 Å². The maximum Gasteiger partial charge on any atom is 0.323 e. The van der Waals surface area contributed by atoms with Gasteiger partial charge in [-0.25, -0.2) is 9.78 Å². The summed E-state index contributed by atoms with van der Waals surface area (Å²) in [5.41, 5.74) is 0.440. The van der Waals surface area contributed by atoms with Gasteiger partial charge in [-0.3, -0.25) is 5.32 Å². The fourth-order valence-corrected chi connectivity index (χ4v) is 3.42. The highest BCUT2D eigenvalue weighted by atomic mass is 32.2. The number of thioether (sulfide) groups is 1. The largest absolute Gasteiger partial charge is 0.324 e. The van der Waals surface area contributed by atoms with Crippen molar-refractivity contribution < 1.29 is 4.79 Å². The van der Waals surface area contributed by atoms with Crippen molar-refractivity contribution in [3.05, 3.63) is 18.3 Å². The quantitative estimate of drug-likeness (QED) is 0.845. The number of nitrogens with zero attached hydrogens (tertiary/aromatic N) is 2. The number of amides is 2. The monoisotopic (exact) mass is 277 g/mol. The minimum atomic E-state index is -0.0209. The molecule has 1 aliphatic heterocycles. The smallest absolute Gasteiger partial charge is 0.323 e. The third-order valence-corrected chi connectivity index (χ3v) is 5.33. The van der Waals surface area contributed by atoms with E-state index in [1.807, 2.05) is 23.3 Å². The third-order valence-electron chi connectivity index (χ3n) is 4.62. The van der Waals surface area contributed by atoms with Crippen LogP contribution < -0.4 is 5.32 Å². The zero-order chi connectivity index (χ0) is 13.6. The van der Waals surface area contributed by atoms with E-state index in [1.165, 1.54) is 0 Å². The first-order chi connectivity index (χ1) is 9.02. The van der Waals surface area contributed by atoms with E-state index in [-0.39, 0.29) is 6.03 Å². The molecule has 0 bridgehead atoms. The molecule has 2 atom stereocenters. The van der Waals surface area contributed by atoms with Crippen LogP contribution in [0.4, 0.5) is 10.6 Å². The van der Waals surface area contributed by atoms with Gasteiger partial charge in [0.1, 0.15) is 5.82 Å². The minimum absolute atomic E-state index is 0.0209. The van der Waals surface area contributed by atoms with Gasteiger partial charge in [0.25, 0.3) is 0 Å². The predicted octanol–water partition coefficient (Wildman–Crippen LogP) is 2.92. The maximum absolute atomic E-state index is 12.1. The Morgan fingerprint density at radius 2 is 2.11 bits per heavy atom. The second-order valence-electron chi connectivity index (χ2n) is 5.95. The molecule has 1 aromatic rings. The van der Waals surface area contributed by atoms with Gasteiger partial charge in [0.05, 0.1) is 0 Å². The van der Waals surface area contributed by atoms with Crippen LogP contribution in [0.1, 0.15) is 13.8 Å². The summed E-state index contributed by atoms with van der Waals surface area (Å²) in [6.45, 7) is 6.35. The van der Waals surface area contributed by atoms with Crippen molar-refractivity contribution in [2.45, 2.75) is 18.7 Å². The molecule has 0 unspecified atom stereocenters. The molecule has 1 N–H and O–H groups in total. The number of aromatic nitrogens is 1. The van der Waals surface area contributed by atoms with E-state index in [2.05, 4.69) is 24.1 Å². The molecule has 5 heteroatoms. The number of anilines is 1. The van der Waals surface area contributed by atoms with E-state index in [0.29, 0.717) is 23.1 Å². The van der Waals surface area contributed by atoms with Crippen molar-refractivity contribution in [3.63, 3.8) is 0 Å². The number of urea groups is 1. The van der Waals surface area contributed by atoms with Gasteiger partial charge < -0.3 is 4.90 Å². The van der Waals surface area contributed by atoms with Crippen LogP contribution in [-0.2, 0) is 0 Å². The first kappa shape index (κ1) is 12.8. The van der Waals surface area contributed by atoms with E-state index in [4.69, 9.17) is 0 Å². The fraction of sp³-hybridized carbons (Fsp3) is 0.571. The van der Waals surface area contributed by atoms with Crippen molar-refractivity contribution in [3.8, 4) is 0 Å². The predicted molar refractivity (Wildman–Crippen MR) is 77.4 cm³/mol. The van der Waals surface area contributed by atoms with E-state index >= 15 is 0 Å². The number of fused-ring (bicyclic) bond motifs is 1. The second kappa shape index (κ2) is 4.40. The number of likely N-dealkylation sites (tertiary alicyclic amines) is 1. The molecule has 2 heterocycles. The normalized spacial score (nSPS) is 27.0. The first-order valence-corrected chi connectivity index (χ1v) is 7.81. The molecule has 19 heavy (non-hydrogen) atoms. The molecule has 2 aliphatic rings. The molecule has 1 saturated carbocycles. The molecule has 2 fully saturated rings. The molecule has 2 amide bonds. The van der Waals surface area contributed by atoms with Crippen LogP contribution in [0.2, 0.25) is 0 Å². The number of carbonyl (C=O) groups excluding carboxylic acids is 1. The summed E-state index contributed by atoms with van der Waals surface area (Å²) >= 11 is 1.64. The van der Waals surface area contributed by atoms with Gasteiger partial charge >= 0.3 is 6.03 Å². The molecule has 1 aromatic heterocycles. The molecule has 4 nitrogen and oxygen atoms in total. The number of carbonyl (C=O) groups is 1. The number of nitrogens with one attached hydrogen (secondary N) is 1. The summed E-state index contributed by atoms with van der Waals surface area (Å²) in [4.78, 5) is 19.4. The van der Waals surface area contributed by atoms with E-state index in [0.717, 1.165) is 18.0 Å². The van der Waals surface area contributed by atoms with Crippen molar-refractivity contribution in [2.75, 3.05) is 24.7 Å². The van der Waals surface area contributed by atoms with Crippen molar-refractivity contribution in [1.82, 2.24) is 9.88 Å². The maximum atomic E-state index is 12.1. The summed E-state index contributed by atoms with van der Waals surface area (Å²) in [5.74, 6) is 2.00. The molecular formula is C14H19N3OS. The van der Waals surface area contributed by atoms with Crippen LogP contribution in [0.25, 0.3) is 0 Å². The Bertz CT molecular complexity index is 486. The van der Waals surface area contributed by atoms with Gasteiger partial charge in [0.15, 0.2) is 0 Å². The lowest BCUT2D eigenvalue weighted by molar-refractivity contribution is 0.209. The number of rotatable bonds is 2. The van der Waals surface area contributed by atoms with Crippen LogP contribution in [0.5, 0.6) is 0 Å². The highest BCUT2D eigenvalue weighted by molar-refractivity contribution is 7.98. The average molecular weight is 277 g/mol. The lowest BCUT2D eigenvalue weighted by Gasteiger charge is -2.22. The number of hydrogen-bond acceptors (Lipinski definition) is 3. The lowest BCUT2D eigenvalue weighted by atomic mass is 10.1. The molecule has 3 rings (SSSR count). The van der Waals surface area contributed by atoms with Crippen LogP contribution in [0.15, 0.2) is 23.2 Å². The van der Waals surface area contributed by atoms with E-state index in [9.17, 15) is 4.79 Å². The van der Waals surface area contributed by atoms with Gasteiger partial charge in [-0.15, -0.1) is 11.8 Å². The van der Waals surface area contributed by atoms with Gasteiger partial charge in [-0.2, -0.15) is 0 Å². The molecule has 0 spiro atoms. The summed E-state index contributed by atoms with van der Waals surface area (Å²) in [6, 6.07) is 3.80. The molecular weight excluding hydrogens is 258 g/mol. The average Bonchev–Trinajstić information content (AvgIpc) is 2.81. The van der Waals surface area contributed by atoms with Crippen molar-refractivity contribution in [2.24, 2.45) is 17.3 Å². The minimum Gasteiger partial charge on any atom is -0.324 e. The second-order valence-corrected chi connectivity index (χ2v) is 6.83. The highest BCUT2D eigenvalue weighted by Gasteiger charge is 2.62. The summed E-state index contributed by atoms with van der Waals surface area (Å²) < 4.78 is 0. The Balaban J connectivity index is 1.57. The first-order valence-electron chi connectivity index (χ1n) is 6.58. The van der Waals surface area contributed by atoms with Gasteiger partial charge in [-0.05, 0) is 35.6 Å². The summed E-state index contributed by atoms with van der Waals surface area (Å²) in [6.07, 6.45) is 3.79. The number of pyridine rings is 1. The zero-order valence-corrected chi connectivity index (χ0v) is 12.3. The Labute approximate surface area is 118 Å². The molecule has 1 aliphatic carbocycles.